The van der Waals surface area contributed by atoms with Gasteiger partial charge in [0.25, 0.3) is 5.69 Å². The van der Waals surface area contributed by atoms with Crippen molar-refractivity contribution in [2.45, 2.75) is 25.4 Å². The van der Waals surface area contributed by atoms with Crippen LogP contribution in [0, 0.1) is 10.1 Å². The molecule has 1 fully saturated rings. The summed E-state index contributed by atoms with van der Waals surface area (Å²) in [5.41, 5.74) is 2.97. The van der Waals surface area contributed by atoms with E-state index in [2.05, 4.69) is 15.3 Å². The first kappa shape index (κ1) is 19.5. The van der Waals surface area contributed by atoms with Gasteiger partial charge in [0.1, 0.15) is 0 Å². The van der Waals surface area contributed by atoms with Crippen LogP contribution in [-0.2, 0) is 18.3 Å². The maximum atomic E-state index is 10.8. The van der Waals surface area contributed by atoms with Gasteiger partial charge in [-0.25, -0.2) is 0 Å². The zero-order chi connectivity index (χ0) is 19.2. The van der Waals surface area contributed by atoms with E-state index < -0.39 is 0 Å². The fourth-order valence-corrected chi connectivity index (χ4v) is 3.49. The number of rotatable bonds is 8. The van der Waals surface area contributed by atoms with Crippen LogP contribution in [-0.4, -0.2) is 59.0 Å². The normalized spacial score (nSPS) is 15.9. The van der Waals surface area contributed by atoms with Crippen molar-refractivity contribution in [3.05, 3.63) is 46.1 Å². The van der Waals surface area contributed by atoms with Gasteiger partial charge >= 0.3 is 0 Å². The summed E-state index contributed by atoms with van der Waals surface area (Å²) in [4.78, 5) is 12.9. The van der Waals surface area contributed by atoms with E-state index in [1.165, 1.54) is 12.1 Å². The molecule has 1 aliphatic heterocycles. The molecule has 3 rings (SSSR count). The number of non-ortho nitro benzene ring substituents is 1. The van der Waals surface area contributed by atoms with E-state index >= 15 is 0 Å². The Labute approximate surface area is 159 Å². The van der Waals surface area contributed by atoms with Gasteiger partial charge in [-0.15, -0.1) is 0 Å². The number of likely N-dealkylation sites (tertiary alicyclic amines) is 1. The average molecular weight is 373 g/mol. The van der Waals surface area contributed by atoms with Crippen LogP contribution in [0.3, 0.4) is 0 Å². The molecule has 27 heavy (non-hydrogen) atoms. The van der Waals surface area contributed by atoms with Crippen LogP contribution in [0.5, 0.6) is 0 Å². The van der Waals surface area contributed by atoms with E-state index in [0.29, 0.717) is 6.04 Å². The molecule has 8 nitrogen and oxygen atoms in total. The highest BCUT2D eigenvalue weighted by atomic mass is 16.6. The Balaban J connectivity index is 1.59. The Morgan fingerprint density at radius 2 is 2.00 bits per heavy atom. The van der Waals surface area contributed by atoms with E-state index in [1.807, 2.05) is 13.2 Å². The zero-order valence-corrected chi connectivity index (χ0v) is 15.9. The van der Waals surface area contributed by atoms with Crippen LogP contribution in [0.1, 0.15) is 18.4 Å². The molecule has 0 aliphatic carbocycles. The predicted octanol–water partition coefficient (Wildman–Crippen LogP) is 2.20. The third-order valence-electron chi connectivity index (χ3n) is 5.04. The average Bonchev–Trinajstić information content (AvgIpc) is 3.06. The minimum absolute atomic E-state index is 0.0922. The van der Waals surface area contributed by atoms with Crippen LogP contribution < -0.4 is 5.32 Å². The third kappa shape index (κ3) is 5.12. The van der Waals surface area contributed by atoms with Gasteiger partial charge < -0.3 is 15.0 Å². The molecule has 1 aromatic carbocycles. The Morgan fingerprint density at radius 1 is 1.30 bits per heavy atom. The second-order valence-corrected chi connectivity index (χ2v) is 6.97. The molecule has 2 aromatic rings. The van der Waals surface area contributed by atoms with Gasteiger partial charge in [-0.05, 0) is 38.1 Å². The fourth-order valence-electron chi connectivity index (χ4n) is 3.49. The van der Waals surface area contributed by atoms with Gasteiger partial charge in [-0.1, -0.05) is 0 Å². The van der Waals surface area contributed by atoms with Crippen molar-refractivity contribution in [1.29, 1.82) is 0 Å². The summed E-state index contributed by atoms with van der Waals surface area (Å²) in [6.45, 7) is 4.69. The molecule has 8 heteroatoms. The topological polar surface area (TPSA) is 85.5 Å². The summed E-state index contributed by atoms with van der Waals surface area (Å²) in [7, 11) is 3.64. The number of nitrogens with one attached hydrogen (secondary N) is 1. The number of nitro benzene ring substituents is 1. The smallest absolute Gasteiger partial charge is 0.269 e. The molecule has 2 heterocycles. The molecule has 0 saturated carbocycles. The number of aryl methyl sites for hydroxylation is 1. The van der Waals surface area contributed by atoms with Crippen LogP contribution >= 0.6 is 0 Å². The van der Waals surface area contributed by atoms with Crippen molar-refractivity contribution in [1.82, 2.24) is 20.0 Å². The maximum Gasteiger partial charge on any atom is 0.269 e. The van der Waals surface area contributed by atoms with Gasteiger partial charge in [-0.2, -0.15) is 5.10 Å². The van der Waals surface area contributed by atoms with Crippen LogP contribution in [0.15, 0.2) is 30.5 Å². The first-order valence-corrected chi connectivity index (χ1v) is 9.29. The Kier molecular flexibility index (Phi) is 6.54. The van der Waals surface area contributed by atoms with E-state index in [9.17, 15) is 10.1 Å². The van der Waals surface area contributed by atoms with Gasteiger partial charge in [0, 0.05) is 62.7 Å². The summed E-state index contributed by atoms with van der Waals surface area (Å²) in [5.74, 6) is 0. The molecule has 1 saturated heterocycles. The lowest BCUT2D eigenvalue weighted by molar-refractivity contribution is -0.384. The quantitative estimate of drug-likeness (QED) is 0.564. The van der Waals surface area contributed by atoms with Gasteiger partial charge in [0.15, 0.2) is 0 Å². The van der Waals surface area contributed by atoms with E-state index in [-0.39, 0.29) is 10.6 Å². The van der Waals surface area contributed by atoms with Crippen molar-refractivity contribution in [2.75, 3.05) is 33.4 Å². The summed E-state index contributed by atoms with van der Waals surface area (Å²) in [5, 5.41) is 19.0. The molecule has 0 bridgehead atoms. The highest BCUT2D eigenvalue weighted by Gasteiger charge is 2.19. The summed E-state index contributed by atoms with van der Waals surface area (Å²) >= 11 is 0. The first-order valence-electron chi connectivity index (χ1n) is 9.29. The molecular weight excluding hydrogens is 346 g/mol. The molecule has 0 unspecified atom stereocenters. The monoisotopic (exact) mass is 373 g/mol. The number of aromatic nitrogens is 2. The van der Waals surface area contributed by atoms with E-state index in [1.54, 1.807) is 23.9 Å². The number of benzene rings is 1. The predicted molar refractivity (Wildman–Crippen MR) is 103 cm³/mol. The first-order chi connectivity index (χ1) is 13.1. The zero-order valence-electron chi connectivity index (χ0n) is 15.9. The molecule has 0 amide bonds. The Bertz CT molecular complexity index is 751. The van der Waals surface area contributed by atoms with Crippen molar-refractivity contribution < 1.29 is 9.66 Å². The van der Waals surface area contributed by atoms with Crippen LogP contribution in [0.25, 0.3) is 11.3 Å². The minimum atomic E-state index is -0.385. The molecular formula is C19H27N5O3. The lowest BCUT2D eigenvalue weighted by Gasteiger charge is -2.32. The number of ether oxygens (including phenoxy) is 1. The van der Waals surface area contributed by atoms with Gasteiger partial charge in [-0.3, -0.25) is 14.8 Å². The number of nitro groups is 1. The lowest BCUT2D eigenvalue weighted by atomic mass is 10.0. The van der Waals surface area contributed by atoms with Crippen molar-refractivity contribution in [2.24, 2.45) is 7.05 Å². The third-order valence-corrected chi connectivity index (χ3v) is 5.04. The summed E-state index contributed by atoms with van der Waals surface area (Å²) in [6, 6.07) is 7.07. The second kappa shape index (κ2) is 9.07. The number of piperidine rings is 1. The number of nitrogens with zero attached hydrogens (tertiary/aromatic N) is 4. The molecule has 1 aliphatic rings. The molecule has 0 atom stereocenters. The van der Waals surface area contributed by atoms with Crippen LogP contribution in [0.4, 0.5) is 5.69 Å². The van der Waals surface area contributed by atoms with Crippen molar-refractivity contribution in [3.63, 3.8) is 0 Å². The van der Waals surface area contributed by atoms with Crippen molar-refractivity contribution in [3.8, 4) is 11.3 Å². The van der Waals surface area contributed by atoms with E-state index in [4.69, 9.17) is 4.74 Å². The van der Waals surface area contributed by atoms with Gasteiger partial charge in [0.2, 0.25) is 0 Å². The maximum absolute atomic E-state index is 10.8. The van der Waals surface area contributed by atoms with E-state index in [0.717, 1.165) is 62.4 Å². The molecule has 1 aromatic heterocycles. The minimum Gasteiger partial charge on any atom is -0.383 e. The van der Waals surface area contributed by atoms with Gasteiger partial charge in [0.05, 0.1) is 17.2 Å². The number of hydrogen-bond acceptors (Lipinski definition) is 6. The molecule has 146 valence electrons. The fraction of sp³-hybridized carbons (Fsp3) is 0.526. The molecule has 1 N–H and O–H groups in total. The SMILES string of the molecule is COCCN1CCC(NCc2cn(C)nc2-c2ccc([N+](=O)[O-])cc2)CC1. The largest absolute Gasteiger partial charge is 0.383 e. The number of methoxy groups -OCH3 is 1. The number of hydrogen-bond donors (Lipinski definition) is 1. The lowest BCUT2D eigenvalue weighted by Crippen LogP contribution is -2.43. The molecule has 0 radical (unpaired) electrons. The summed E-state index contributed by atoms with van der Waals surface area (Å²) < 4.78 is 6.94. The summed E-state index contributed by atoms with van der Waals surface area (Å²) in [6.07, 6.45) is 4.26. The highest BCUT2D eigenvalue weighted by Crippen LogP contribution is 2.24. The standard InChI is InChI=1S/C19H27N5O3/c1-22-14-16(13-20-17-7-9-23(10-8-17)11-12-27-2)19(21-22)15-3-5-18(6-4-15)24(25)26/h3-6,14,17,20H,7-13H2,1-2H3. The van der Waals surface area contributed by atoms with Crippen molar-refractivity contribution >= 4 is 5.69 Å². The molecule has 0 spiro atoms. The highest BCUT2D eigenvalue weighted by molar-refractivity contribution is 5.64. The second-order valence-electron chi connectivity index (χ2n) is 6.97. The Hall–Kier alpha value is -2.29. The Morgan fingerprint density at radius 3 is 2.63 bits per heavy atom. The van der Waals surface area contributed by atoms with Crippen LogP contribution in [0.2, 0.25) is 0 Å².